The molecule has 1 aromatic carbocycles. The highest BCUT2D eigenvalue weighted by Crippen LogP contribution is 2.50. The van der Waals surface area contributed by atoms with E-state index in [1.165, 1.54) is 12.1 Å². The Labute approximate surface area is 122 Å². The second-order valence-corrected chi connectivity index (χ2v) is 6.64. The first-order chi connectivity index (χ1) is 9.52. The summed E-state index contributed by atoms with van der Waals surface area (Å²) in [4.78, 5) is 0. The lowest BCUT2D eigenvalue weighted by Gasteiger charge is -2.24. The van der Waals surface area contributed by atoms with Crippen molar-refractivity contribution in [2.24, 2.45) is 0 Å². The molecule has 0 saturated heterocycles. The number of benzene rings is 1. The van der Waals surface area contributed by atoms with Crippen LogP contribution in [0.3, 0.4) is 0 Å². The van der Waals surface area contributed by atoms with E-state index in [1.807, 2.05) is 0 Å². The molecule has 0 fully saturated rings. The van der Waals surface area contributed by atoms with Crippen molar-refractivity contribution in [3.63, 3.8) is 0 Å². The Hall–Kier alpha value is -1.04. The molecular formula is C13H19F3NO3P. The fraction of sp³-hybridized carbons (Fsp3) is 0.538. The number of nitrogens with one attached hydrogen (secondary N) is 1. The number of alkyl halides is 3. The van der Waals surface area contributed by atoms with Crippen LogP contribution in [0, 0.1) is 0 Å². The van der Waals surface area contributed by atoms with Crippen LogP contribution in [-0.4, -0.2) is 12.2 Å². The van der Waals surface area contributed by atoms with Crippen LogP contribution in [0.25, 0.3) is 0 Å². The second kappa shape index (κ2) is 6.81. The molecule has 0 amide bonds. The van der Waals surface area contributed by atoms with Crippen LogP contribution in [0.1, 0.15) is 33.3 Å². The molecule has 0 aromatic heterocycles. The minimum Gasteiger partial charge on any atom is -0.293 e. The molecule has 0 aliphatic rings. The third-order valence-corrected chi connectivity index (χ3v) is 4.09. The predicted octanol–water partition coefficient (Wildman–Crippen LogP) is 5.08. The molecule has 0 aliphatic heterocycles. The SMILES string of the molecule is CC(C)OP(=O)(Nc1cccc(C(F)(F)F)c1)OC(C)C. The van der Waals surface area contributed by atoms with Crippen LogP contribution >= 0.6 is 7.75 Å². The first-order valence-electron chi connectivity index (χ1n) is 6.44. The van der Waals surface area contributed by atoms with Crippen LogP contribution in [-0.2, 0) is 19.8 Å². The second-order valence-electron chi connectivity index (χ2n) is 5.00. The Morgan fingerprint density at radius 1 is 1.10 bits per heavy atom. The van der Waals surface area contributed by atoms with Crippen LogP contribution in [0.5, 0.6) is 0 Å². The van der Waals surface area contributed by atoms with E-state index in [4.69, 9.17) is 9.05 Å². The summed E-state index contributed by atoms with van der Waals surface area (Å²) in [5.41, 5.74) is -0.817. The molecule has 1 rings (SSSR count). The minimum absolute atomic E-state index is 0.0226. The molecule has 0 spiro atoms. The van der Waals surface area contributed by atoms with Gasteiger partial charge in [0, 0.05) is 5.69 Å². The molecule has 21 heavy (non-hydrogen) atoms. The minimum atomic E-state index is -4.47. The molecule has 0 heterocycles. The fourth-order valence-corrected chi connectivity index (χ4v) is 3.28. The van der Waals surface area contributed by atoms with E-state index in [0.717, 1.165) is 12.1 Å². The molecule has 120 valence electrons. The number of hydrogen-bond donors (Lipinski definition) is 1. The third-order valence-electron chi connectivity index (χ3n) is 2.16. The summed E-state index contributed by atoms with van der Waals surface area (Å²) in [6.45, 7) is 6.63. The fourth-order valence-electron chi connectivity index (χ4n) is 1.56. The van der Waals surface area contributed by atoms with Gasteiger partial charge in [0.05, 0.1) is 17.8 Å². The molecule has 8 heteroatoms. The van der Waals surface area contributed by atoms with E-state index in [2.05, 4.69) is 5.09 Å². The van der Waals surface area contributed by atoms with Crippen molar-refractivity contribution in [1.29, 1.82) is 0 Å². The largest absolute Gasteiger partial charge is 0.433 e. The first kappa shape index (κ1) is 18.0. The van der Waals surface area contributed by atoms with Gasteiger partial charge < -0.3 is 0 Å². The molecule has 0 atom stereocenters. The zero-order valence-electron chi connectivity index (χ0n) is 12.3. The Bertz CT molecular complexity index is 504. The molecule has 4 nitrogen and oxygen atoms in total. The van der Waals surface area contributed by atoms with Gasteiger partial charge in [-0.1, -0.05) is 6.07 Å². The Morgan fingerprint density at radius 3 is 2.05 bits per heavy atom. The summed E-state index contributed by atoms with van der Waals surface area (Å²) >= 11 is 0. The highest BCUT2D eigenvalue weighted by molar-refractivity contribution is 7.55. The van der Waals surface area contributed by atoms with Crippen LogP contribution < -0.4 is 5.09 Å². The highest BCUT2D eigenvalue weighted by Gasteiger charge is 2.32. The number of anilines is 1. The van der Waals surface area contributed by atoms with E-state index >= 15 is 0 Å². The van der Waals surface area contributed by atoms with Gasteiger partial charge in [-0.3, -0.25) is 14.1 Å². The lowest BCUT2D eigenvalue weighted by atomic mass is 10.2. The van der Waals surface area contributed by atoms with Gasteiger partial charge in [0.1, 0.15) is 0 Å². The lowest BCUT2D eigenvalue weighted by molar-refractivity contribution is -0.137. The zero-order valence-corrected chi connectivity index (χ0v) is 13.2. The lowest BCUT2D eigenvalue weighted by Crippen LogP contribution is -2.13. The highest BCUT2D eigenvalue weighted by atomic mass is 31.2. The van der Waals surface area contributed by atoms with Crippen molar-refractivity contribution in [3.05, 3.63) is 29.8 Å². The van der Waals surface area contributed by atoms with Crippen molar-refractivity contribution in [3.8, 4) is 0 Å². The van der Waals surface area contributed by atoms with Crippen molar-refractivity contribution in [1.82, 2.24) is 0 Å². The first-order valence-corrected chi connectivity index (χ1v) is 7.98. The van der Waals surface area contributed by atoms with Crippen molar-refractivity contribution >= 4 is 13.4 Å². The van der Waals surface area contributed by atoms with Gasteiger partial charge in [0.25, 0.3) is 0 Å². The van der Waals surface area contributed by atoms with Crippen LogP contribution in [0.2, 0.25) is 0 Å². The summed E-state index contributed by atoms with van der Waals surface area (Å²) in [6, 6.07) is 4.39. The van der Waals surface area contributed by atoms with E-state index in [-0.39, 0.29) is 5.69 Å². The normalized spacial score (nSPS) is 13.0. The smallest absolute Gasteiger partial charge is 0.293 e. The van der Waals surface area contributed by atoms with E-state index in [1.54, 1.807) is 27.7 Å². The van der Waals surface area contributed by atoms with Crippen LogP contribution in [0.15, 0.2) is 24.3 Å². The maximum atomic E-state index is 12.7. The van der Waals surface area contributed by atoms with Gasteiger partial charge in [-0.25, -0.2) is 4.57 Å². The summed E-state index contributed by atoms with van der Waals surface area (Å²) in [7, 11) is -3.74. The summed E-state index contributed by atoms with van der Waals surface area (Å²) in [6.07, 6.45) is -5.29. The van der Waals surface area contributed by atoms with E-state index < -0.39 is 31.7 Å². The Kier molecular flexibility index (Phi) is 5.84. The van der Waals surface area contributed by atoms with Gasteiger partial charge in [-0.15, -0.1) is 0 Å². The summed E-state index contributed by atoms with van der Waals surface area (Å²) in [5.74, 6) is 0. The summed E-state index contributed by atoms with van der Waals surface area (Å²) in [5, 5.41) is 2.44. The standard InChI is InChI=1S/C13H19F3NO3P/c1-9(2)19-21(18,20-10(3)4)17-12-7-5-6-11(8-12)13(14,15)16/h5-10H,1-4H3,(H,17,18). The molecule has 1 aromatic rings. The average Bonchev–Trinajstić information content (AvgIpc) is 2.24. The van der Waals surface area contributed by atoms with E-state index in [0.29, 0.717) is 0 Å². The quantitative estimate of drug-likeness (QED) is 0.741. The Morgan fingerprint density at radius 2 is 1.62 bits per heavy atom. The molecule has 0 bridgehead atoms. The molecule has 1 N–H and O–H groups in total. The molecule has 0 aliphatic carbocycles. The predicted molar refractivity (Wildman–Crippen MR) is 75.1 cm³/mol. The van der Waals surface area contributed by atoms with Gasteiger partial charge in [0.2, 0.25) is 0 Å². The van der Waals surface area contributed by atoms with Gasteiger partial charge >= 0.3 is 13.9 Å². The van der Waals surface area contributed by atoms with E-state index in [9.17, 15) is 17.7 Å². The number of hydrogen-bond acceptors (Lipinski definition) is 3. The van der Waals surface area contributed by atoms with Gasteiger partial charge in [-0.2, -0.15) is 13.2 Å². The van der Waals surface area contributed by atoms with Crippen LogP contribution in [0.4, 0.5) is 18.9 Å². The van der Waals surface area contributed by atoms with Crippen molar-refractivity contribution < 1.29 is 26.8 Å². The molecule has 0 saturated carbocycles. The molecule has 0 radical (unpaired) electrons. The van der Waals surface area contributed by atoms with Crippen molar-refractivity contribution in [2.45, 2.75) is 46.1 Å². The molecular weight excluding hydrogens is 306 g/mol. The maximum absolute atomic E-state index is 12.7. The number of halogens is 3. The van der Waals surface area contributed by atoms with Crippen molar-refractivity contribution in [2.75, 3.05) is 5.09 Å². The maximum Gasteiger partial charge on any atom is 0.433 e. The molecule has 0 unspecified atom stereocenters. The Balaban J connectivity index is 3.01. The zero-order chi connectivity index (χ0) is 16.3. The topological polar surface area (TPSA) is 47.6 Å². The summed E-state index contributed by atoms with van der Waals surface area (Å²) < 4.78 is 61.0. The number of rotatable bonds is 6. The third kappa shape index (κ3) is 6.08. The monoisotopic (exact) mass is 325 g/mol. The van der Waals surface area contributed by atoms with Gasteiger partial charge in [-0.05, 0) is 45.9 Å². The van der Waals surface area contributed by atoms with Gasteiger partial charge in [0.15, 0.2) is 0 Å². The average molecular weight is 325 g/mol.